The lowest BCUT2D eigenvalue weighted by Crippen LogP contribution is -2.17. The van der Waals surface area contributed by atoms with Gasteiger partial charge in [-0.15, -0.1) is 0 Å². The van der Waals surface area contributed by atoms with Crippen molar-refractivity contribution in [2.45, 2.75) is 49.4 Å². The van der Waals surface area contributed by atoms with Gasteiger partial charge in [0.15, 0.2) is 5.16 Å². The van der Waals surface area contributed by atoms with Crippen LogP contribution in [0.3, 0.4) is 0 Å². The Kier molecular flexibility index (Phi) is 10.0. The minimum atomic E-state index is -0.862. The number of thioether (sulfide) groups is 1. The van der Waals surface area contributed by atoms with Gasteiger partial charge in [0.25, 0.3) is 0 Å². The van der Waals surface area contributed by atoms with Gasteiger partial charge in [0, 0.05) is 12.8 Å². The van der Waals surface area contributed by atoms with Gasteiger partial charge in [0.05, 0.1) is 19.3 Å². The summed E-state index contributed by atoms with van der Waals surface area (Å²) in [5.41, 5.74) is 2.34. The average molecular weight is 467 g/mol. The van der Waals surface area contributed by atoms with Crippen molar-refractivity contribution in [1.82, 2.24) is 9.97 Å². The fourth-order valence-electron chi connectivity index (χ4n) is 3.17. The number of aliphatic carboxylic acids is 1. The highest BCUT2D eigenvalue weighted by atomic mass is 32.2. The van der Waals surface area contributed by atoms with Crippen molar-refractivity contribution in [2.75, 3.05) is 13.2 Å². The predicted octanol–water partition coefficient (Wildman–Crippen LogP) is 5.46. The molecular weight excluding hydrogens is 436 g/mol. The van der Waals surface area contributed by atoms with E-state index in [1.54, 1.807) is 6.07 Å². The molecule has 1 heterocycles. The van der Waals surface area contributed by atoms with E-state index in [0.717, 1.165) is 37.4 Å². The second kappa shape index (κ2) is 13.5. The molecule has 0 aliphatic heterocycles. The van der Waals surface area contributed by atoms with E-state index in [4.69, 9.17) is 9.47 Å². The summed E-state index contributed by atoms with van der Waals surface area (Å²) in [6.07, 6.45) is 3.81. The van der Waals surface area contributed by atoms with Gasteiger partial charge in [-0.1, -0.05) is 92.2 Å². The Morgan fingerprint density at radius 3 is 1.88 bits per heavy atom. The van der Waals surface area contributed by atoms with Crippen molar-refractivity contribution in [3.8, 4) is 11.8 Å². The molecule has 0 saturated carbocycles. The lowest BCUT2D eigenvalue weighted by atomic mass is 10.2. The summed E-state index contributed by atoms with van der Waals surface area (Å²) < 4.78 is 11.8. The van der Waals surface area contributed by atoms with Crippen LogP contribution in [0.1, 0.15) is 37.3 Å². The number of nitrogens with zero attached hydrogens (tertiary/aromatic N) is 2. The van der Waals surface area contributed by atoms with Crippen LogP contribution < -0.4 is 9.47 Å². The molecule has 3 rings (SSSR count). The minimum absolute atomic E-state index is 0.352. The predicted molar refractivity (Wildman–Crippen MR) is 130 cm³/mol. The van der Waals surface area contributed by atoms with Gasteiger partial charge in [0.2, 0.25) is 11.8 Å². The Bertz CT molecular complexity index is 922. The van der Waals surface area contributed by atoms with Crippen LogP contribution >= 0.6 is 11.8 Å². The SMILES string of the molecule is CCCC[C@H](Sc1nc(OCCc2ccccc2)cc(OCCc2ccccc2)n1)C(=O)O. The molecule has 0 bridgehead atoms. The largest absolute Gasteiger partial charge is 0.480 e. The molecule has 1 atom stereocenters. The summed E-state index contributed by atoms with van der Waals surface area (Å²) in [5, 5.41) is 9.34. The van der Waals surface area contributed by atoms with Gasteiger partial charge in [-0.3, -0.25) is 4.79 Å². The van der Waals surface area contributed by atoms with Gasteiger partial charge in [-0.25, -0.2) is 0 Å². The van der Waals surface area contributed by atoms with Crippen LogP contribution in [0.15, 0.2) is 71.9 Å². The van der Waals surface area contributed by atoms with E-state index in [-0.39, 0.29) is 0 Å². The molecule has 0 amide bonds. The molecule has 0 aliphatic rings. The Hall–Kier alpha value is -3.06. The molecule has 0 spiro atoms. The number of hydrogen-bond acceptors (Lipinski definition) is 6. The zero-order chi connectivity index (χ0) is 23.3. The van der Waals surface area contributed by atoms with Gasteiger partial charge in [-0.05, 0) is 17.5 Å². The van der Waals surface area contributed by atoms with E-state index in [1.165, 1.54) is 11.1 Å². The number of ether oxygens (including phenoxy) is 2. The summed E-state index contributed by atoms with van der Waals surface area (Å²) in [4.78, 5) is 20.6. The number of carbonyl (C=O) groups is 1. The number of rotatable bonds is 14. The molecule has 174 valence electrons. The number of unbranched alkanes of at least 4 members (excludes halogenated alkanes) is 1. The van der Waals surface area contributed by atoms with E-state index in [0.29, 0.717) is 36.6 Å². The summed E-state index contributed by atoms with van der Waals surface area (Å²) in [6.45, 7) is 2.94. The van der Waals surface area contributed by atoms with Crippen LogP contribution in [-0.2, 0) is 17.6 Å². The van der Waals surface area contributed by atoms with Crippen molar-refractivity contribution < 1.29 is 19.4 Å². The molecule has 0 fully saturated rings. The third kappa shape index (κ3) is 8.77. The fourth-order valence-corrected chi connectivity index (χ4v) is 4.10. The summed E-state index contributed by atoms with van der Waals surface area (Å²) >= 11 is 1.14. The van der Waals surface area contributed by atoms with Crippen LogP contribution in [0.5, 0.6) is 11.8 Å². The Balaban J connectivity index is 1.68. The minimum Gasteiger partial charge on any atom is -0.480 e. The van der Waals surface area contributed by atoms with Gasteiger partial charge < -0.3 is 14.6 Å². The quantitative estimate of drug-likeness (QED) is 0.250. The monoisotopic (exact) mass is 466 g/mol. The standard InChI is InChI=1S/C26H30N2O4S/c1-2-3-14-22(25(29)30)33-26-27-23(31-17-15-20-10-6-4-7-11-20)19-24(28-26)32-18-16-21-12-8-5-9-13-21/h4-13,19,22H,2-3,14-18H2,1H3,(H,29,30)/t22-/m0/s1. The lowest BCUT2D eigenvalue weighted by molar-refractivity contribution is -0.136. The van der Waals surface area contributed by atoms with E-state index < -0.39 is 11.2 Å². The Morgan fingerprint density at radius 1 is 0.909 bits per heavy atom. The highest BCUT2D eigenvalue weighted by Gasteiger charge is 2.21. The van der Waals surface area contributed by atoms with Crippen molar-refractivity contribution in [1.29, 1.82) is 0 Å². The summed E-state index contributed by atoms with van der Waals surface area (Å²) in [6, 6.07) is 21.8. The van der Waals surface area contributed by atoms with Gasteiger partial charge in [0.1, 0.15) is 5.25 Å². The molecule has 1 aromatic heterocycles. The normalized spacial score (nSPS) is 11.7. The molecule has 0 unspecified atom stereocenters. The van der Waals surface area contributed by atoms with Crippen molar-refractivity contribution in [3.05, 3.63) is 77.9 Å². The van der Waals surface area contributed by atoms with Crippen LogP contribution in [0.25, 0.3) is 0 Å². The summed E-state index contributed by atoms with van der Waals surface area (Å²) in [5.74, 6) is -0.0884. The molecule has 3 aromatic rings. The Morgan fingerprint density at radius 2 is 1.42 bits per heavy atom. The maximum atomic E-state index is 11.7. The van der Waals surface area contributed by atoms with Crippen molar-refractivity contribution >= 4 is 17.7 Å². The molecule has 7 heteroatoms. The highest BCUT2D eigenvalue weighted by molar-refractivity contribution is 8.00. The first-order chi connectivity index (χ1) is 16.1. The first kappa shape index (κ1) is 24.6. The zero-order valence-corrected chi connectivity index (χ0v) is 19.7. The van der Waals surface area contributed by atoms with Crippen LogP contribution in [0, 0.1) is 0 Å². The second-order valence-corrected chi connectivity index (χ2v) is 8.75. The molecule has 2 aromatic carbocycles. The van der Waals surface area contributed by atoms with Crippen LogP contribution in [-0.4, -0.2) is 39.5 Å². The second-order valence-electron chi connectivity index (χ2n) is 7.58. The number of benzene rings is 2. The van der Waals surface area contributed by atoms with E-state index in [9.17, 15) is 9.90 Å². The van der Waals surface area contributed by atoms with Crippen LogP contribution in [0.2, 0.25) is 0 Å². The van der Waals surface area contributed by atoms with Gasteiger partial charge >= 0.3 is 5.97 Å². The van der Waals surface area contributed by atoms with E-state index in [2.05, 4.69) is 9.97 Å². The van der Waals surface area contributed by atoms with Crippen molar-refractivity contribution in [2.24, 2.45) is 0 Å². The number of carboxylic acids is 1. The van der Waals surface area contributed by atoms with Gasteiger partial charge in [-0.2, -0.15) is 9.97 Å². The van der Waals surface area contributed by atoms with E-state index >= 15 is 0 Å². The Labute approximate surface area is 199 Å². The molecule has 0 saturated heterocycles. The average Bonchev–Trinajstić information content (AvgIpc) is 2.83. The molecule has 1 N–H and O–H groups in total. The fraction of sp³-hybridized carbons (Fsp3) is 0.346. The number of hydrogen-bond donors (Lipinski definition) is 1. The summed E-state index contributed by atoms with van der Waals surface area (Å²) in [7, 11) is 0. The molecule has 0 radical (unpaired) electrons. The molecule has 6 nitrogen and oxygen atoms in total. The molecule has 0 aliphatic carbocycles. The smallest absolute Gasteiger partial charge is 0.317 e. The van der Waals surface area contributed by atoms with Crippen molar-refractivity contribution in [3.63, 3.8) is 0 Å². The maximum absolute atomic E-state index is 11.7. The van der Waals surface area contributed by atoms with Crippen LogP contribution in [0.4, 0.5) is 0 Å². The number of carboxylic acid groups (broad SMARTS) is 1. The molecular formula is C26H30N2O4S. The molecule has 33 heavy (non-hydrogen) atoms. The third-order valence-electron chi connectivity index (χ3n) is 4.97. The number of aromatic nitrogens is 2. The third-order valence-corrected chi connectivity index (χ3v) is 6.08. The topological polar surface area (TPSA) is 81.5 Å². The lowest BCUT2D eigenvalue weighted by Gasteiger charge is -2.13. The highest BCUT2D eigenvalue weighted by Crippen LogP contribution is 2.28. The first-order valence-corrected chi connectivity index (χ1v) is 12.1. The zero-order valence-electron chi connectivity index (χ0n) is 18.9. The first-order valence-electron chi connectivity index (χ1n) is 11.3. The maximum Gasteiger partial charge on any atom is 0.317 e. The van der Waals surface area contributed by atoms with E-state index in [1.807, 2.05) is 67.6 Å².